The van der Waals surface area contributed by atoms with Crippen LogP contribution in [0.3, 0.4) is 0 Å². The van der Waals surface area contributed by atoms with Crippen molar-refractivity contribution in [3.05, 3.63) is 127 Å². The number of rotatable bonds is 8. The largest absolute Gasteiger partial charge is 0.493 e. The molecule has 4 aromatic carbocycles. The van der Waals surface area contributed by atoms with Crippen molar-refractivity contribution < 1.29 is 24.0 Å². The summed E-state index contributed by atoms with van der Waals surface area (Å²) in [6.45, 7) is 0.150. The number of carbonyl (C=O) groups is 2. The Bertz CT molecular complexity index is 1650. The fourth-order valence-corrected chi connectivity index (χ4v) is 5.50. The Labute approximate surface area is 260 Å². The van der Waals surface area contributed by atoms with Crippen LogP contribution in [0.25, 0.3) is 6.08 Å². The molecular weight excluding hydrogens is 669 g/mol. The summed E-state index contributed by atoms with van der Waals surface area (Å²) >= 11 is 7.75. The first-order chi connectivity index (χ1) is 20.3. The summed E-state index contributed by atoms with van der Waals surface area (Å²) in [4.78, 5) is 40.7. The highest BCUT2D eigenvalue weighted by Gasteiger charge is 2.41. The van der Waals surface area contributed by atoms with E-state index in [4.69, 9.17) is 21.7 Å². The molecular formula is C31H22IN3O6S. The Balaban J connectivity index is 1.50. The molecule has 0 unspecified atom stereocenters. The molecule has 0 radical (unpaired) electrons. The lowest BCUT2D eigenvalue weighted by atomic mass is 10.0. The standard InChI is InChI=1S/C31H22IN3O6S/c1-40-27-18-21(17-26(32)28(27)41-19-20-12-14-24(15-13-20)35(38)39)16-25-29(36)33(22-8-4-2-5-9-22)31(42)34(30(25)37)23-10-6-3-7-11-23/h2-18H,19H2,1H3. The normalized spacial score (nSPS) is 13.3. The smallest absolute Gasteiger partial charge is 0.270 e. The van der Waals surface area contributed by atoms with E-state index in [0.717, 1.165) is 5.56 Å². The number of nitro benzene ring substituents is 1. The number of nitrogens with zero attached hydrogens (tertiary/aromatic N) is 3. The van der Waals surface area contributed by atoms with E-state index in [1.54, 1.807) is 72.8 Å². The minimum atomic E-state index is -0.546. The van der Waals surface area contributed by atoms with Gasteiger partial charge in [0.2, 0.25) is 0 Å². The third-order valence-corrected chi connectivity index (χ3v) is 7.54. The second kappa shape index (κ2) is 12.5. The van der Waals surface area contributed by atoms with Gasteiger partial charge in [-0.1, -0.05) is 36.4 Å². The molecule has 0 bridgehead atoms. The summed E-state index contributed by atoms with van der Waals surface area (Å²) in [5.74, 6) is -0.244. The van der Waals surface area contributed by atoms with E-state index in [-0.39, 0.29) is 23.0 Å². The van der Waals surface area contributed by atoms with Gasteiger partial charge in [-0.2, -0.15) is 0 Å². The van der Waals surface area contributed by atoms with E-state index in [1.807, 2.05) is 12.1 Å². The number of amides is 2. The fourth-order valence-electron chi connectivity index (χ4n) is 4.34. The van der Waals surface area contributed by atoms with Crippen LogP contribution in [-0.2, 0) is 16.2 Å². The van der Waals surface area contributed by atoms with Crippen LogP contribution < -0.4 is 19.3 Å². The van der Waals surface area contributed by atoms with Crippen LogP contribution in [0.4, 0.5) is 17.1 Å². The summed E-state index contributed by atoms with van der Waals surface area (Å²) in [6, 6.07) is 27.4. The van der Waals surface area contributed by atoms with Gasteiger partial charge in [0.1, 0.15) is 12.2 Å². The van der Waals surface area contributed by atoms with Gasteiger partial charge in [-0.05, 0) is 101 Å². The van der Waals surface area contributed by atoms with Crippen LogP contribution in [0.2, 0.25) is 0 Å². The first kappa shape index (κ1) is 28.9. The SMILES string of the molecule is COc1cc(C=C2C(=O)N(c3ccccc3)C(=S)N(c3ccccc3)C2=O)cc(I)c1OCc1ccc([N+](=O)[O-])cc1. The van der Waals surface area contributed by atoms with Crippen molar-refractivity contribution in [1.29, 1.82) is 0 Å². The Hall–Kier alpha value is -4.62. The van der Waals surface area contributed by atoms with Gasteiger partial charge >= 0.3 is 0 Å². The van der Waals surface area contributed by atoms with Crippen molar-refractivity contribution in [3.8, 4) is 11.5 Å². The maximum Gasteiger partial charge on any atom is 0.270 e. The molecule has 1 saturated heterocycles. The zero-order valence-corrected chi connectivity index (χ0v) is 25.1. The quantitative estimate of drug-likeness (QED) is 0.0517. The topological polar surface area (TPSA) is 102 Å². The Morgan fingerprint density at radius 2 is 1.43 bits per heavy atom. The van der Waals surface area contributed by atoms with Crippen LogP contribution in [0.15, 0.2) is 103 Å². The summed E-state index contributed by atoms with van der Waals surface area (Å²) in [5.41, 5.74) is 2.27. The molecule has 4 aromatic rings. The molecule has 0 aromatic heterocycles. The van der Waals surface area contributed by atoms with E-state index in [1.165, 1.54) is 35.1 Å². The molecule has 11 heteroatoms. The van der Waals surface area contributed by atoms with Gasteiger partial charge in [0, 0.05) is 12.1 Å². The molecule has 0 N–H and O–H groups in total. The number of hydrogen-bond acceptors (Lipinski definition) is 7. The maximum absolute atomic E-state index is 13.8. The van der Waals surface area contributed by atoms with Crippen molar-refractivity contribution in [2.45, 2.75) is 6.61 Å². The zero-order valence-electron chi connectivity index (χ0n) is 22.1. The summed E-state index contributed by atoms with van der Waals surface area (Å²) in [5, 5.41) is 11.0. The zero-order chi connectivity index (χ0) is 29.8. The number of hydrogen-bond donors (Lipinski definition) is 0. The first-order valence-electron chi connectivity index (χ1n) is 12.6. The van der Waals surface area contributed by atoms with Crippen LogP contribution >= 0.6 is 34.8 Å². The van der Waals surface area contributed by atoms with E-state index in [2.05, 4.69) is 22.6 Å². The van der Waals surface area contributed by atoms with Crippen LogP contribution in [0.5, 0.6) is 11.5 Å². The number of nitro groups is 1. The Morgan fingerprint density at radius 1 is 0.881 bits per heavy atom. The highest BCUT2D eigenvalue weighted by molar-refractivity contribution is 14.1. The molecule has 0 saturated carbocycles. The molecule has 210 valence electrons. The van der Waals surface area contributed by atoms with E-state index >= 15 is 0 Å². The molecule has 0 atom stereocenters. The number of benzene rings is 4. The molecule has 42 heavy (non-hydrogen) atoms. The molecule has 0 spiro atoms. The fraction of sp³-hybridized carbons (Fsp3) is 0.0645. The first-order valence-corrected chi connectivity index (χ1v) is 14.1. The van der Waals surface area contributed by atoms with Crippen LogP contribution in [0, 0.1) is 13.7 Å². The number of non-ortho nitro benzene ring substituents is 1. The minimum Gasteiger partial charge on any atom is -0.493 e. The predicted molar refractivity (Wildman–Crippen MR) is 172 cm³/mol. The van der Waals surface area contributed by atoms with Gasteiger partial charge in [0.15, 0.2) is 16.6 Å². The second-order valence-corrected chi connectivity index (χ2v) is 10.6. The lowest BCUT2D eigenvalue weighted by molar-refractivity contribution is -0.384. The van der Waals surface area contributed by atoms with Crippen molar-refractivity contribution >= 4 is 74.9 Å². The number of anilines is 2. The van der Waals surface area contributed by atoms with E-state index in [9.17, 15) is 19.7 Å². The van der Waals surface area contributed by atoms with Crippen molar-refractivity contribution in [2.75, 3.05) is 16.9 Å². The van der Waals surface area contributed by atoms with E-state index in [0.29, 0.717) is 32.0 Å². The molecule has 2 amide bonds. The molecule has 1 aliphatic rings. The number of thiocarbonyl (C=S) groups is 1. The minimum absolute atomic E-state index is 0.00692. The van der Waals surface area contributed by atoms with Gasteiger partial charge in [0.05, 0.1) is 27.0 Å². The van der Waals surface area contributed by atoms with E-state index < -0.39 is 16.7 Å². The molecule has 0 aliphatic carbocycles. The molecule has 1 fully saturated rings. The van der Waals surface area contributed by atoms with Crippen molar-refractivity contribution in [2.24, 2.45) is 0 Å². The number of methoxy groups -OCH3 is 1. The monoisotopic (exact) mass is 691 g/mol. The average molecular weight is 692 g/mol. The van der Waals surface area contributed by atoms with Gasteiger partial charge in [0.25, 0.3) is 17.5 Å². The average Bonchev–Trinajstić information content (AvgIpc) is 3.00. The number of carbonyl (C=O) groups excluding carboxylic acids is 2. The molecule has 1 aliphatic heterocycles. The molecule has 1 heterocycles. The maximum atomic E-state index is 13.8. The highest BCUT2D eigenvalue weighted by Crippen LogP contribution is 2.36. The van der Waals surface area contributed by atoms with Crippen LogP contribution in [-0.4, -0.2) is 29.0 Å². The van der Waals surface area contributed by atoms with Crippen LogP contribution in [0.1, 0.15) is 11.1 Å². The third-order valence-electron chi connectivity index (χ3n) is 6.37. The Kier molecular flexibility index (Phi) is 8.59. The number of halogens is 1. The lowest BCUT2D eigenvalue weighted by Crippen LogP contribution is -2.56. The summed E-state index contributed by atoms with van der Waals surface area (Å²) in [6.07, 6.45) is 1.52. The highest BCUT2D eigenvalue weighted by atomic mass is 127. The third kappa shape index (κ3) is 5.87. The van der Waals surface area contributed by atoms with Gasteiger partial charge in [-0.15, -0.1) is 0 Å². The number of ether oxygens (including phenoxy) is 2. The van der Waals surface area contributed by atoms with Gasteiger partial charge < -0.3 is 9.47 Å². The predicted octanol–water partition coefficient (Wildman–Crippen LogP) is 6.54. The Morgan fingerprint density at radius 3 is 1.93 bits per heavy atom. The van der Waals surface area contributed by atoms with Crippen molar-refractivity contribution in [3.63, 3.8) is 0 Å². The molecule has 9 nitrogen and oxygen atoms in total. The van der Waals surface area contributed by atoms with Crippen molar-refractivity contribution in [1.82, 2.24) is 0 Å². The summed E-state index contributed by atoms with van der Waals surface area (Å²) in [7, 11) is 1.49. The van der Waals surface area contributed by atoms with Gasteiger partial charge in [-0.25, -0.2) is 0 Å². The summed E-state index contributed by atoms with van der Waals surface area (Å²) < 4.78 is 12.3. The molecule has 5 rings (SSSR count). The second-order valence-electron chi connectivity index (χ2n) is 9.04. The lowest BCUT2D eigenvalue weighted by Gasteiger charge is -2.36. The number of para-hydroxylation sites is 2. The van der Waals surface area contributed by atoms with Gasteiger partial charge in [-0.3, -0.25) is 29.5 Å².